The molecule has 0 saturated carbocycles. The molecule has 0 saturated heterocycles. The van der Waals surface area contributed by atoms with Crippen molar-refractivity contribution in [1.29, 1.82) is 0 Å². The van der Waals surface area contributed by atoms with Crippen LogP contribution in [0.1, 0.15) is 70.4 Å². The first kappa shape index (κ1) is 34.0. The SMILES string of the molecule is NCCCC[C@H](N)C(=O)NCC(=O)Nc1ccc2c(c1)C(=O)c1ccc(NC(=O)CNC(=O)[C@@H](N)CCCCN)cc1C2=O. The van der Waals surface area contributed by atoms with Crippen LogP contribution in [0.2, 0.25) is 0 Å². The Morgan fingerprint density at radius 1 is 0.591 bits per heavy atom. The number of hydrogen-bond acceptors (Lipinski definition) is 10. The molecule has 1 aliphatic rings. The Balaban J connectivity index is 1.58. The molecule has 2 aromatic rings. The van der Waals surface area contributed by atoms with Gasteiger partial charge in [-0.25, -0.2) is 0 Å². The van der Waals surface area contributed by atoms with E-state index in [2.05, 4.69) is 21.3 Å². The zero-order chi connectivity index (χ0) is 32.2. The molecule has 3 rings (SSSR count). The van der Waals surface area contributed by atoms with Gasteiger partial charge in [0.25, 0.3) is 0 Å². The van der Waals surface area contributed by atoms with E-state index in [1.165, 1.54) is 36.4 Å². The summed E-state index contributed by atoms with van der Waals surface area (Å²) in [4.78, 5) is 75.6. The van der Waals surface area contributed by atoms with Gasteiger partial charge in [-0.3, -0.25) is 28.8 Å². The highest BCUT2D eigenvalue weighted by Crippen LogP contribution is 2.31. The molecular weight excluding hydrogens is 568 g/mol. The van der Waals surface area contributed by atoms with Gasteiger partial charge in [0.15, 0.2) is 11.6 Å². The van der Waals surface area contributed by atoms with Gasteiger partial charge in [-0.2, -0.15) is 0 Å². The van der Waals surface area contributed by atoms with Crippen molar-refractivity contribution in [1.82, 2.24) is 10.6 Å². The molecule has 4 amide bonds. The molecule has 236 valence electrons. The molecule has 0 fully saturated rings. The average molecular weight is 609 g/mol. The Morgan fingerprint density at radius 3 is 1.34 bits per heavy atom. The van der Waals surface area contributed by atoms with Gasteiger partial charge in [0.2, 0.25) is 23.6 Å². The maximum absolute atomic E-state index is 13.3. The maximum Gasteiger partial charge on any atom is 0.243 e. The second-order valence-electron chi connectivity index (χ2n) is 10.5. The number of nitrogens with one attached hydrogen (secondary N) is 4. The van der Waals surface area contributed by atoms with Crippen molar-refractivity contribution in [2.24, 2.45) is 22.9 Å². The molecule has 1 aliphatic carbocycles. The molecule has 0 bridgehead atoms. The lowest BCUT2D eigenvalue weighted by Gasteiger charge is -2.19. The zero-order valence-corrected chi connectivity index (χ0v) is 24.4. The first-order valence-electron chi connectivity index (χ1n) is 14.5. The normalized spacial score (nSPS) is 13.3. The summed E-state index contributed by atoms with van der Waals surface area (Å²) in [5, 5.41) is 10.2. The van der Waals surface area contributed by atoms with E-state index >= 15 is 0 Å². The quantitative estimate of drug-likeness (QED) is 0.0966. The van der Waals surface area contributed by atoms with Gasteiger partial charge in [-0.15, -0.1) is 0 Å². The van der Waals surface area contributed by atoms with Crippen molar-refractivity contribution >= 4 is 46.6 Å². The maximum atomic E-state index is 13.3. The number of nitrogens with two attached hydrogens (primary N) is 4. The lowest BCUT2D eigenvalue weighted by Crippen LogP contribution is -2.43. The fourth-order valence-electron chi connectivity index (χ4n) is 4.59. The predicted molar refractivity (Wildman–Crippen MR) is 165 cm³/mol. The van der Waals surface area contributed by atoms with Gasteiger partial charge in [-0.05, 0) is 75.2 Å². The van der Waals surface area contributed by atoms with Crippen LogP contribution in [0.5, 0.6) is 0 Å². The van der Waals surface area contributed by atoms with Crippen LogP contribution in [0.15, 0.2) is 36.4 Å². The minimum absolute atomic E-state index is 0.105. The summed E-state index contributed by atoms with van der Waals surface area (Å²) in [5.74, 6) is -2.86. The summed E-state index contributed by atoms with van der Waals surface area (Å²) >= 11 is 0. The monoisotopic (exact) mass is 608 g/mol. The van der Waals surface area contributed by atoms with Crippen LogP contribution in [-0.2, 0) is 19.2 Å². The molecule has 0 radical (unpaired) electrons. The van der Waals surface area contributed by atoms with Crippen molar-refractivity contribution < 1.29 is 28.8 Å². The van der Waals surface area contributed by atoms with Gasteiger partial charge >= 0.3 is 0 Å². The molecule has 44 heavy (non-hydrogen) atoms. The van der Waals surface area contributed by atoms with Gasteiger partial charge in [0, 0.05) is 33.6 Å². The first-order chi connectivity index (χ1) is 21.0. The van der Waals surface area contributed by atoms with Crippen molar-refractivity contribution in [2.75, 3.05) is 36.8 Å². The molecule has 0 aromatic heterocycles. The second-order valence-corrected chi connectivity index (χ2v) is 10.5. The van der Waals surface area contributed by atoms with E-state index in [0.717, 1.165) is 12.8 Å². The van der Waals surface area contributed by atoms with Crippen molar-refractivity contribution in [3.63, 3.8) is 0 Å². The molecular formula is C30H40N8O6. The van der Waals surface area contributed by atoms with Crippen LogP contribution in [0, 0.1) is 0 Å². The number of carbonyl (C=O) groups excluding carboxylic acids is 6. The number of carbonyl (C=O) groups is 6. The Hall–Kier alpha value is -4.50. The number of rotatable bonds is 16. The topological polar surface area (TPSA) is 255 Å². The summed E-state index contributed by atoms with van der Waals surface area (Å²) in [5.41, 5.74) is 23.6. The molecule has 12 N–H and O–H groups in total. The molecule has 0 aliphatic heterocycles. The summed E-state index contributed by atoms with van der Waals surface area (Å²) in [7, 11) is 0. The number of fused-ring (bicyclic) bond motifs is 2. The van der Waals surface area contributed by atoms with Crippen LogP contribution >= 0.6 is 0 Å². The van der Waals surface area contributed by atoms with E-state index in [-0.39, 0.29) is 46.7 Å². The van der Waals surface area contributed by atoms with Crippen LogP contribution in [0.3, 0.4) is 0 Å². The van der Waals surface area contributed by atoms with Crippen LogP contribution in [0.4, 0.5) is 11.4 Å². The third kappa shape index (κ3) is 9.25. The number of ketones is 2. The average Bonchev–Trinajstić information content (AvgIpc) is 3.01. The van der Waals surface area contributed by atoms with Crippen LogP contribution < -0.4 is 44.2 Å². The smallest absolute Gasteiger partial charge is 0.243 e. The summed E-state index contributed by atoms with van der Waals surface area (Å²) in [6, 6.07) is 7.10. The Morgan fingerprint density at radius 2 is 0.977 bits per heavy atom. The van der Waals surface area contributed by atoms with Gasteiger partial charge < -0.3 is 44.2 Å². The Bertz CT molecular complexity index is 1310. The second kappa shape index (κ2) is 16.4. The van der Waals surface area contributed by atoms with Crippen molar-refractivity contribution in [3.8, 4) is 0 Å². The lowest BCUT2D eigenvalue weighted by molar-refractivity contribution is -0.125. The van der Waals surface area contributed by atoms with E-state index in [1.54, 1.807) is 0 Å². The third-order valence-electron chi connectivity index (χ3n) is 7.04. The molecule has 0 unspecified atom stereocenters. The van der Waals surface area contributed by atoms with Crippen molar-refractivity contribution in [3.05, 3.63) is 58.7 Å². The third-order valence-corrected chi connectivity index (χ3v) is 7.04. The van der Waals surface area contributed by atoms with Gasteiger partial charge in [0.1, 0.15) is 0 Å². The number of unbranched alkanes of at least 4 members (excludes halogenated alkanes) is 2. The molecule has 14 heteroatoms. The Kier molecular flexibility index (Phi) is 12.7. The summed E-state index contributed by atoms with van der Waals surface area (Å²) < 4.78 is 0. The van der Waals surface area contributed by atoms with E-state index < -0.39 is 47.3 Å². The van der Waals surface area contributed by atoms with E-state index in [0.29, 0.717) is 38.8 Å². The molecule has 0 heterocycles. The lowest BCUT2D eigenvalue weighted by atomic mass is 9.83. The highest BCUT2D eigenvalue weighted by molar-refractivity contribution is 6.29. The number of anilines is 2. The number of amides is 4. The first-order valence-corrected chi connectivity index (χ1v) is 14.5. The molecule has 14 nitrogen and oxygen atoms in total. The molecule has 2 atom stereocenters. The standard InChI is InChI=1S/C30H40N8O6/c31-11-3-1-5-23(33)29(43)35-15-25(39)37-17-7-9-19-21(13-17)27(41)20-10-8-18(14-22(20)28(19)42)38-26(40)16-36-30(44)24(34)6-2-4-12-32/h7-10,13-14,23-24H,1-6,11-12,15-16,31-34H2,(H,35,43)(H,36,44)(H,37,39)(H,38,40)/t23-,24-/m0/s1. The Labute approximate surface area is 255 Å². The predicted octanol–water partition coefficient (Wildman–Crippen LogP) is -0.516. The van der Waals surface area contributed by atoms with Gasteiger partial charge in [-0.1, -0.05) is 12.8 Å². The molecule has 0 spiro atoms. The van der Waals surface area contributed by atoms with E-state index in [4.69, 9.17) is 22.9 Å². The highest BCUT2D eigenvalue weighted by Gasteiger charge is 2.30. The summed E-state index contributed by atoms with van der Waals surface area (Å²) in [6.45, 7) is 0.364. The van der Waals surface area contributed by atoms with Gasteiger partial charge in [0.05, 0.1) is 25.2 Å². The van der Waals surface area contributed by atoms with Crippen molar-refractivity contribution in [2.45, 2.75) is 50.6 Å². The van der Waals surface area contributed by atoms with E-state index in [9.17, 15) is 28.8 Å². The number of benzene rings is 2. The number of hydrogen-bond donors (Lipinski definition) is 8. The summed E-state index contributed by atoms with van der Waals surface area (Å²) in [6.07, 6.45) is 3.79. The van der Waals surface area contributed by atoms with E-state index in [1.807, 2.05) is 0 Å². The largest absolute Gasteiger partial charge is 0.346 e. The van der Waals surface area contributed by atoms with Crippen LogP contribution in [-0.4, -0.2) is 73.5 Å². The highest BCUT2D eigenvalue weighted by atomic mass is 16.2. The van der Waals surface area contributed by atoms with Crippen LogP contribution in [0.25, 0.3) is 0 Å². The zero-order valence-electron chi connectivity index (χ0n) is 24.4. The molecule has 2 aromatic carbocycles. The fraction of sp³-hybridized carbons (Fsp3) is 0.400. The fourth-order valence-corrected chi connectivity index (χ4v) is 4.59. The minimum Gasteiger partial charge on any atom is -0.346 e. The minimum atomic E-state index is -0.753.